The molecule has 0 aliphatic heterocycles. The summed E-state index contributed by atoms with van der Waals surface area (Å²) in [6, 6.07) is 7.06. The zero-order valence-corrected chi connectivity index (χ0v) is 13.3. The number of nitrogens with zero attached hydrogens (tertiary/aromatic N) is 2. The molecule has 0 aliphatic rings. The lowest BCUT2D eigenvalue weighted by atomic mass is 10.2. The van der Waals surface area contributed by atoms with Crippen LogP contribution < -0.4 is 14.9 Å². The molecule has 0 aromatic carbocycles. The van der Waals surface area contributed by atoms with Gasteiger partial charge >= 0.3 is 0 Å². The molecule has 3 N–H and O–H groups in total. The smallest absolute Gasteiger partial charge is 0.265 e. The van der Waals surface area contributed by atoms with Crippen LogP contribution in [0.15, 0.2) is 49.1 Å². The Hall–Kier alpha value is -2.32. The maximum Gasteiger partial charge on any atom is 0.265 e. The van der Waals surface area contributed by atoms with Crippen LogP contribution in [-0.4, -0.2) is 24.6 Å². The number of aryl methyl sites for hydroxylation is 3. The Morgan fingerprint density at radius 3 is 2.35 bits per heavy atom. The highest BCUT2D eigenvalue weighted by molar-refractivity contribution is 7.85. The van der Waals surface area contributed by atoms with Crippen LogP contribution in [0, 0.1) is 0 Å². The first kappa shape index (κ1) is 17.0. The van der Waals surface area contributed by atoms with E-state index < -0.39 is 16.0 Å². The van der Waals surface area contributed by atoms with Gasteiger partial charge in [-0.3, -0.25) is 9.35 Å². The molecule has 0 fully saturated rings. The molecule has 1 amide bonds. The number of primary amides is 1. The van der Waals surface area contributed by atoms with E-state index in [0.717, 1.165) is 5.56 Å². The van der Waals surface area contributed by atoms with Gasteiger partial charge in [0.2, 0.25) is 13.1 Å². The molecular weight excluding hydrogens is 318 g/mol. The van der Waals surface area contributed by atoms with Crippen LogP contribution in [0.25, 0.3) is 0 Å². The molecule has 0 radical (unpaired) electrons. The second-order valence-corrected chi connectivity index (χ2v) is 6.75. The van der Waals surface area contributed by atoms with Gasteiger partial charge in [0.05, 0.1) is 5.75 Å². The predicted octanol–water partition coefficient (Wildman–Crippen LogP) is -0.509. The van der Waals surface area contributed by atoms with Gasteiger partial charge in [0.25, 0.3) is 16.0 Å². The van der Waals surface area contributed by atoms with E-state index in [4.69, 9.17) is 10.3 Å². The van der Waals surface area contributed by atoms with Crippen molar-refractivity contribution >= 4 is 16.0 Å². The fourth-order valence-corrected chi connectivity index (χ4v) is 2.58. The number of rotatable bonds is 7. The predicted molar refractivity (Wildman–Crippen MR) is 81.9 cm³/mol. The second-order valence-electron chi connectivity index (χ2n) is 5.17. The van der Waals surface area contributed by atoms with Gasteiger partial charge in [0.1, 0.15) is 5.56 Å². The first-order valence-corrected chi connectivity index (χ1v) is 8.66. The molecule has 0 unspecified atom stereocenters. The second kappa shape index (κ2) is 7.30. The monoisotopic (exact) mass is 337 g/mol. The molecular formula is C15H19N3O4S+2. The van der Waals surface area contributed by atoms with Crippen molar-refractivity contribution in [2.24, 2.45) is 5.73 Å². The summed E-state index contributed by atoms with van der Waals surface area (Å²) in [5.74, 6) is -0.748. The van der Waals surface area contributed by atoms with Crippen molar-refractivity contribution in [3.05, 3.63) is 60.2 Å². The van der Waals surface area contributed by atoms with Gasteiger partial charge in [-0.05, 0) is 18.1 Å². The molecule has 0 spiro atoms. The maximum atomic E-state index is 11.1. The summed E-state index contributed by atoms with van der Waals surface area (Å²) in [4.78, 5) is 11.1. The SMILES string of the molecule is NC(=O)c1ccc[n+](CC[n+]2ccc(CCS(=O)(=O)O)cc2)c1. The summed E-state index contributed by atoms with van der Waals surface area (Å²) in [6.45, 7) is 1.35. The Morgan fingerprint density at radius 1 is 1.09 bits per heavy atom. The third-order valence-corrected chi connectivity index (χ3v) is 4.09. The molecule has 8 heteroatoms. The van der Waals surface area contributed by atoms with Crippen molar-refractivity contribution in [2.75, 3.05) is 5.75 Å². The molecule has 2 aromatic rings. The summed E-state index contributed by atoms with van der Waals surface area (Å²) in [5, 5.41) is 0. The summed E-state index contributed by atoms with van der Waals surface area (Å²) < 4.78 is 34.0. The van der Waals surface area contributed by atoms with E-state index in [1.54, 1.807) is 18.3 Å². The topological polar surface area (TPSA) is 105 Å². The Bertz CT molecular complexity index is 789. The van der Waals surface area contributed by atoms with E-state index in [1.807, 2.05) is 39.9 Å². The zero-order chi connectivity index (χ0) is 16.9. The van der Waals surface area contributed by atoms with Gasteiger partial charge in [-0.15, -0.1) is 0 Å². The number of hydrogen-bond acceptors (Lipinski definition) is 3. The van der Waals surface area contributed by atoms with Crippen LogP contribution in [0.2, 0.25) is 0 Å². The lowest BCUT2D eigenvalue weighted by Gasteiger charge is -2.00. The average molecular weight is 337 g/mol. The van der Waals surface area contributed by atoms with Crippen molar-refractivity contribution in [3.8, 4) is 0 Å². The molecule has 2 aromatic heterocycles. The van der Waals surface area contributed by atoms with Crippen molar-refractivity contribution in [3.63, 3.8) is 0 Å². The van der Waals surface area contributed by atoms with E-state index in [2.05, 4.69) is 0 Å². The van der Waals surface area contributed by atoms with E-state index in [0.29, 0.717) is 18.7 Å². The molecule has 122 valence electrons. The highest BCUT2D eigenvalue weighted by atomic mass is 32.2. The molecule has 2 rings (SSSR count). The molecule has 0 bridgehead atoms. The number of amides is 1. The number of carbonyl (C=O) groups excluding carboxylic acids is 1. The molecule has 0 aliphatic carbocycles. The van der Waals surface area contributed by atoms with E-state index in [1.165, 1.54) is 0 Å². The first-order valence-electron chi connectivity index (χ1n) is 7.05. The van der Waals surface area contributed by atoms with Crippen LogP contribution in [0.1, 0.15) is 15.9 Å². The third kappa shape index (κ3) is 5.76. The largest absolute Gasteiger partial charge is 0.365 e. The molecule has 2 heterocycles. The summed E-state index contributed by atoms with van der Waals surface area (Å²) >= 11 is 0. The van der Waals surface area contributed by atoms with Crippen molar-refractivity contribution < 1.29 is 26.9 Å². The molecule has 0 saturated carbocycles. The van der Waals surface area contributed by atoms with Gasteiger partial charge < -0.3 is 5.73 Å². The van der Waals surface area contributed by atoms with E-state index in [-0.39, 0.29) is 12.2 Å². The number of carbonyl (C=O) groups is 1. The van der Waals surface area contributed by atoms with Crippen molar-refractivity contribution in [1.82, 2.24) is 0 Å². The highest BCUT2D eigenvalue weighted by Gasteiger charge is 2.10. The Balaban J connectivity index is 1.94. The van der Waals surface area contributed by atoms with E-state index >= 15 is 0 Å². The van der Waals surface area contributed by atoms with Crippen LogP contribution >= 0.6 is 0 Å². The van der Waals surface area contributed by atoms with Gasteiger partial charge in [-0.1, -0.05) is 0 Å². The van der Waals surface area contributed by atoms with Crippen molar-refractivity contribution in [1.29, 1.82) is 0 Å². The van der Waals surface area contributed by atoms with Crippen LogP contribution in [-0.2, 0) is 29.6 Å². The average Bonchev–Trinajstić information content (AvgIpc) is 2.51. The van der Waals surface area contributed by atoms with Crippen molar-refractivity contribution in [2.45, 2.75) is 19.5 Å². The zero-order valence-electron chi connectivity index (χ0n) is 12.5. The quantitative estimate of drug-likeness (QED) is 0.524. The van der Waals surface area contributed by atoms with Gasteiger partial charge in [-0.2, -0.15) is 17.6 Å². The summed E-state index contributed by atoms with van der Waals surface area (Å²) in [5.41, 5.74) is 6.54. The first-order chi connectivity index (χ1) is 10.8. The minimum atomic E-state index is -3.94. The van der Waals surface area contributed by atoms with Gasteiger partial charge in [0, 0.05) is 18.2 Å². The Morgan fingerprint density at radius 2 is 1.74 bits per heavy atom. The maximum absolute atomic E-state index is 11.1. The molecule has 0 saturated heterocycles. The molecule has 23 heavy (non-hydrogen) atoms. The minimum absolute atomic E-state index is 0.273. The fraction of sp³-hybridized carbons (Fsp3) is 0.267. The number of hydrogen-bond donors (Lipinski definition) is 2. The standard InChI is InChI=1S/C15H17N3O4S/c16-15(19)14-2-1-6-18(12-14)10-9-17-7-3-13(4-8-17)5-11-23(20,21)22/h1-4,6-8,12H,5,9-11H2,(H-2,16,19,20,21,22)/p+2. The normalized spacial score (nSPS) is 11.3. The molecule has 7 nitrogen and oxygen atoms in total. The van der Waals surface area contributed by atoms with Crippen LogP contribution in [0.5, 0.6) is 0 Å². The van der Waals surface area contributed by atoms with Gasteiger partial charge in [-0.25, -0.2) is 0 Å². The number of nitrogens with two attached hydrogens (primary N) is 1. The van der Waals surface area contributed by atoms with Crippen LogP contribution in [0.4, 0.5) is 0 Å². The minimum Gasteiger partial charge on any atom is -0.365 e. The summed E-state index contributed by atoms with van der Waals surface area (Å²) in [6.07, 6.45) is 7.52. The van der Waals surface area contributed by atoms with Gasteiger partial charge in [0.15, 0.2) is 24.8 Å². The number of aromatic nitrogens is 2. The van der Waals surface area contributed by atoms with E-state index in [9.17, 15) is 13.2 Å². The Kier molecular flexibility index (Phi) is 5.41. The lowest BCUT2D eigenvalue weighted by molar-refractivity contribution is -0.778. The Labute approximate surface area is 134 Å². The highest BCUT2D eigenvalue weighted by Crippen LogP contribution is 1.99. The molecule has 0 atom stereocenters. The lowest BCUT2D eigenvalue weighted by Crippen LogP contribution is -2.44. The summed E-state index contributed by atoms with van der Waals surface area (Å²) in [7, 11) is -3.94. The third-order valence-electron chi connectivity index (χ3n) is 3.37. The fourth-order valence-electron chi connectivity index (χ4n) is 2.09. The number of pyridine rings is 2. The van der Waals surface area contributed by atoms with Crippen LogP contribution in [0.3, 0.4) is 0 Å².